The average Bonchev–Trinajstić information content (AvgIpc) is 2.26. The molecular formula is C9H6F2N2O2. The maximum absolute atomic E-state index is 12.4. The van der Waals surface area contributed by atoms with E-state index in [1.165, 1.54) is 0 Å². The molecule has 6 heteroatoms. The Kier molecular flexibility index (Phi) is 3.29. The van der Waals surface area contributed by atoms with Crippen LogP contribution in [0.15, 0.2) is 6.07 Å². The van der Waals surface area contributed by atoms with Crippen LogP contribution in [-0.4, -0.2) is 18.4 Å². The minimum absolute atomic E-state index is 0.193. The Morgan fingerprint density at radius 2 is 2.33 bits per heavy atom. The van der Waals surface area contributed by atoms with Crippen molar-refractivity contribution in [2.75, 3.05) is 7.11 Å². The van der Waals surface area contributed by atoms with Crippen LogP contribution in [0.4, 0.5) is 8.78 Å². The van der Waals surface area contributed by atoms with Crippen molar-refractivity contribution in [1.29, 1.82) is 5.26 Å². The third-order valence-corrected chi connectivity index (χ3v) is 1.71. The van der Waals surface area contributed by atoms with Crippen molar-refractivity contribution in [1.82, 2.24) is 4.98 Å². The minimum Gasteiger partial charge on any atom is -0.481 e. The van der Waals surface area contributed by atoms with Gasteiger partial charge in [0.05, 0.1) is 18.2 Å². The first kappa shape index (κ1) is 11.0. The molecule has 0 bridgehead atoms. The monoisotopic (exact) mass is 212 g/mol. The van der Waals surface area contributed by atoms with Crippen LogP contribution >= 0.6 is 0 Å². The Balaban J connectivity index is 3.42. The van der Waals surface area contributed by atoms with E-state index in [0.29, 0.717) is 6.29 Å². The molecule has 1 aromatic rings. The lowest BCUT2D eigenvalue weighted by molar-refractivity contribution is 0.111. The van der Waals surface area contributed by atoms with Crippen LogP contribution in [0.25, 0.3) is 0 Å². The fourth-order valence-corrected chi connectivity index (χ4v) is 1.02. The Morgan fingerprint density at radius 1 is 1.67 bits per heavy atom. The molecule has 4 nitrogen and oxygen atoms in total. The van der Waals surface area contributed by atoms with E-state index in [0.717, 1.165) is 13.2 Å². The number of carbonyl (C=O) groups is 1. The molecule has 0 amide bonds. The maximum Gasteiger partial charge on any atom is 0.269 e. The zero-order valence-corrected chi connectivity index (χ0v) is 7.70. The van der Waals surface area contributed by atoms with E-state index < -0.39 is 12.0 Å². The number of ether oxygens (including phenoxy) is 1. The predicted molar refractivity (Wildman–Crippen MR) is 45.8 cm³/mol. The van der Waals surface area contributed by atoms with Gasteiger partial charge in [0.15, 0.2) is 6.29 Å². The molecule has 0 unspecified atom stereocenters. The first-order valence-electron chi connectivity index (χ1n) is 3.86. The molecule has 15 heavy (non-hydrogen) atoms. The van der Waals surface area contributed by atoms with E-state index in [-0.39, 0.29) is 17.1 Å². The number of halogens is 2. The van der Waals surface area contributed by atoms with E-state index in [2.05, 4.69) is 9.72 Å². The molecule has 0 aliphatic rings. The Hall–Kier alpha value is -2.03. The number of rotatable bonds is 3. The predicted octanol–water partition coefficient (Wildman–Crippen LogP) is 1.71. The Labute approximate surface area is 84.1 Å². The van der Waals surface area contributed by atoms with Gasteiger partial charge in [-0.2, -0.15) is 5.26 Å². The van der Waals surface area contributed by atoms with Crippen LogP contribution in [0, 0.1) is 11.3 Å². The van der Waals surface area contributed by atoms with Crippen LogP contribution in [0.1, 0.15) is 28.0 Å². The van der Waals surface area contributed by atoms with Crippen LogP contribution in [0.3, 0.4) is 0 Å². The van der Waals surface area contributed by atoms with Gasteiger partial charge >= 0.3 is 0 Å². The summed E-state index contributed by atoms with van der Waals surface area (Å²) in [5.41, 5.74) is -0.903. The number of aldehydes is 1. The highest BCUT2D eigenvalue weighted by Crippen LogP contribution is 2.28. The molecule has 1 heterocycles. The van der Waals surface area contributed by atoms with Gasteiger partial charge in [-0.15, -0.1) is 0 Å². The number of aromatic nitrogens is 1. The molecule has 0 saturated carbocycles. The standard InChI is InChI=1S/C9H6F2N2O2/c1-15-9-6(8(10)11)2-5(3-12)7(4-14)13-9/h2,4,8H,1H3. The number of methoxy groups -OCH3 is 1. The van der Waals surface area contributed by atoms with E-state index in [1.54, 1.807) is 6.07 Å². The lowest BCUT2D eigenvalue weighted by atomic mass is 10.1. The Bertz CT molecular complexity index is 427. The largest absolute Gasteiger partial charge is 0.481 e. The number of nitrogens with zero attached hydrogens (tertiary/aromatic N) is 2. The van der Waals surface area contributed by atoms with Crippen molar-refractivity contribution < 1.29 is 18.3 Å². The normalized spacial score (nSPS) is 9.80. The highest BCUT2D eigenvalue weighted by Gasteiger charge is 2.18. The molecule has 1 aromatic heterocycles. The highest BCUT2D eigenvalue weighted by molar-refractivity contribution is 5.76. The summed E-state index contributed by atoms with van der Waals surface area (Å²) in [4.78, 5) is 14.0. The molecule has 0 saturated heterocycles. The van der Waals surface area contributed by atoms with Gasteiger partial charge in [-0.25, -0.2) is 13.8 Å². The van der Waals surface area contributed by atoms with Crippen molar-refractivity contribution in [3.8, 4) is 11.9 Å². The molecule has 78 valence electrons. The molecule has 0 aliphatic heterocycles. The summed E-state index contributed by atoms with van der Waals surface area (Å²) in [5.74, 6) is -0.342. The molecular weight excluding hydrogens is 206 g/mol. The van der Waals surface area contributed by atoms with E-state index in [9.17, 15) is 13.6 Å². The van der Waals surface area contributed by atoms with Crippen molar-refractivity contribution >= 4 is 6.29 Å². The first-order chi connectivity index (χ1) is 7.13. The number of alkyl halides is 2. The third-order valence-electron chi connectivity index (χ3n) is 1.71. The zero-order chi connectivity index (χ0) is 11.4. The number of hydrogen-bond acceptors (Lipinski definition) is 4. The van der Waals surface area contributed by atoms with Gasteiger partial charge in [0.1, 0.15) is 11.8 Å². The number of hydrogen-bond donors (Lipinski definition) is 0. The van der Waals surface area contributed by atoms with Crippen molar-refractivity contribution in [2.45, 2.75) is 6.43 Å². The molecule has 0 N–H and O–H groups in total. The van der Waals surface area contributed by atoms with Crippen molar-refractivity contribution in [3.05, 3.63) is 22.9 Å². The first-order valence-corrected chi connectivity index (χ1v) is 3.86. The summed E-state index contributed by atoms with van der Waals surface area (Å²) < 4.78 is 29.5. The van der Waals surface area contributed by atoms with Crippen LogP contribution in [0.2, 0.25) is 0 Å². The third kappa shape index (κ3) is 2.07. The minimum atomic E-state index is -2.81. The summed E-state index contributed by atoms with van der Waals surface area (Å²) in [6.45, 7) is 0. The molecule has 0 radical (unpaired) electrons. The van der Waals surface area contributed by atoms with Gasteiger partial charge in [-0.1, -0.05) is 0 Å². The van der Waals surface area contributed by atoms with Crippen molar-refractivity contribution in [3.63, 3.8) is 0 Å². The second kappa shape index (κ2) is 4.46. The average molecular weight is 212 g/mol. The summed E-state index contributed by atoms with van der Waals surface area (Å²) in [5, 5.41) is 8.58. The van der Waals surface area contributed by atoms with E-state index >= 15 is 0 Å². The second-order valence-electron chi connectivity index (χ2n) is 2.55. The summed E-state index contributed by atoms with van der Waals surface area (Å²) >= 11 is 0. The highest BCUT2D eigenvalue weighted by atomic mass is 19.3. The van der Waals surface area contributed by atoms with Gasteiger partial charge in [0, 0.05) is 0 Å². The molecule has 0 aliphatic carbocycles. The number of pyridine rings is 1. The quantitative estimate of drug-likeness (QED) is 0.715. The SMILES string of the molecule is COc1nc(C=O)c(C#N)cc1C(F)F. The maximum atomic E-state index is 12.4. The lowest BCUT2D eigenvalue weighted by Crippen LogP contribution is -2.01. The smallest absolute Gasteiger partial charge is 0.269 e. The summed E-state index contributed by atoms with van der Waals surface area (Å²) in [7, 11) is 1.16. The van der Waals surface area contributed by atoms with Crippen LogP contribution in [0.5, 0.6) is 5.88 Å². The van der Waals surface area contributed by atoms with E-state index in [1.807, 2.05) is 0 Å². The van der Waals surface area contributed by atoms with Crippen LogP contribution < -0.4 is 4.74 Å². The molecule has 0 aromatic carbocycles. The fourth-order valence-electron chi connectivity index (χ4n) is 1.02. The number of carbonyl (C=O) groups excluding carboxylic acids is 1. The van der Waals surface area contributed by atoms with Gasteiger partial charge in [0.2, 0.25) is 5.88 Å². The van der Waals surface area contributed by atoms with Gasteiger partial charge in [-0.3, -0.25) is 4.79 Å². The molecule has 0 spiro atoms. The molecule has 0 fully saturated rings. The van der Waals surface area contributed by atoms with Crippen LogP contribution in [-0.2, 0) is 0 Å². The van der Waals surface area contributed by atoms with Gasteiger partial charge in [0.25, 0.3) is 6.43 Å². The molecule has 1 rings (SSSR count). The summed E-state index contributed by atoms with van der Waals surface area (Å²) in [6.07, 6.45) is -2.49. The van der Waals surface area contributed by atoms with Gasteiger partial charge in [-0.05, 0) is 6.07 Å². The number of nitriles is 1. The second-order valence-corrected chi connectivity index (χ2v) is 2.55. The Morgan fingerprint density at radius 3 is 2.73 bits per heavy atom. The van der Waals surface area contributed by atoms with Crippen molar-refractivity contribution in [2.24, 2.45) is 0 Å². The summed E-state index contributed by atoms with van der Waals surface area (Å²) in [6, 6.07) is 2.51. The topological polar surface area (TPSA) is 63.0 Å². The molecule has 0 atom stereocenters. The van der Waals surface area contributed by atoms with E-state index in [4.69, 9.17) is 5.26 Å². The zero-order valence-electron chi connectivity index (χ0n) is 7.70. The lowest BCUT2D eigenvalue weighted by Gasteiger charge is -2.07. The van der Waals surface area contributed by atoms with Gasteiger partial charge < -0.3 is 4.74 Å². The fraction of sp³-hybridized carbons (Fsp3) is 0.222.